The average molecular weight is 293 g/mol. The summed E-state index contributed by atoms with van der Waals surface area (Å²) in [5.41, 5.74) is 2.49. The maximum atomic E-state index is 12.9. The molecule has 0 aromatic heterocycles. The molecule has 1 aliphatic rings. The van der Waals surface area contributed by atoms with Crippen LogP contribution in [0.3, 0.4) is 0 Å². The number of para-hydroxylation sites is 1. The maximum Gasteiger partial charge on any atom is 0.419 e. The molecule has 0 fully saturated rings. The third-order valence-corrected chi connectivity index (χ3v) is 3.56. The van der Waals surface area contributed by atoms with E-state index in [1.54, 1.807) is 6.07 Å². The fraction of sp³-hybridized carbons (Fsp3) is 0.250. The van der Waals surface area contributed by atoms with E-state index < -0.39 is 11.7 Å². The van der Waals surface area contributed by atoms with Gasteiger partial charge in [0, 0.05) is 13.1 Å². The summed E-state index contributed by atoms with van der Waals surface area (Å²) in [7, 11) is 0. The Labute approximate surface area is 120 Å². The zero-order chi connectivity index (χ0) is 14.9. The first-order chi connectivity index (χ1) is 10.1. The monoisotopic (exact) mass is 293 g/mol. The number of benzene rings is 2. The van der Waals surface area contributed by atoms with Crippen LogP contribution in [0.4, 0.5) is 13.2 Å². The van der Waals surface area contributed by atoms with Gasteiger partial charge >= 0.3 is 6.18 Å². The van der Waals surface area contributed by atoms with Gasteiger partial charge in [0.2, 0.25) is 0 Å². The number of rotatable bonds is 3. The zero-order valence-corrected chi connectivity index (χ0v) is 11.2. The smallest absolute Gasteiger partial charge is 0.419 e. The van der Waals surface area contributed by atoms with Crippen molar-refractivity contribution in [3.8, 4) is 5.75 Å². The lowest BCUT2D eigenvalue weighted by atomic mass is 10.0. The van der Waals surface area contributed by atoms with Gasteiger partial charge in [-0.25, -0.2) is 0 Å². The fourth-order valence-corrected chi connectivity index (χ4v) is 2.52. The summed E-state index contributed by atoms with van der Waals surface area (Å²) >= 11 is 0. The van der Waals surface area contributed by atoms with Gasteiger partial charge in [-0.15, -0.1) is 0 Å². The predicted molar refractivity (Wildman–Crippen MR) is 72.8 cm³/mol. The Balaban J connectivity index is 1.82. The summed E-state index contributed by atoms with van der Waals surface area (Å²) < 4.78 is 44.1. The first-order valence-electron chi connectivity index (χ1n) is 6.65. The topological polar surface area (TPSA) is 21.3 Å². The van der Waals surface area contributed by atoms with E-state index in [-0.39, 0.29) is 12.4 Å². The van der Waals surface area contributed by atoms with Gasteiger partial charge in [0.05, 0.1) is 5.56 Å². The summed E-state index contributed by atoms with van der Waals surface area (Å²) in [6.45, 7) is 1.66. The molecular weight excluding hydrogens is 279 g/mol. The Morgan fingerprint density at radius 3 is 2.62 bits per heavy atom. The van der Waals surface area contributed by atoms with Crippen molar-refractivity contribution in [1.29, 1.82) is 0 Å². The number of hydrogen-bond donors (Lipinski definition) is 1. The molecule has 2 aromatic carbocycles. The molecule has 0 unspecified atom stereocenters. The minimum atomic E-state index is -4.41. The summed E-state index contributed by atoms with van der Waals surface area (Å²) in [5, 5.41) is 3.23. The highest BCUT2D eigenvalue weighted by Crippen LogP contribution is 2.36. The van der Waals surface area contributed by atoms with E-state index in [0.29, 0.717) is 0 Å². The molecule has 0 saturated carbocycles. The highest BCUT2D eigenvalue weighted by molar-refractivity contribution is 5.39. The number of fused-ring (bicyclic) bond motifs is 1. The Bertz CT molecular complexity index is 652. The Kier molecular flexibility index (Phi) is 3.59. The molecule has 0 saturated heterocycles. The van der Waals surface area contributed by atoms with Crippen LogP contribution in [0.5, 0.6) is 5.75 Å². The Morgan fingerprint density at radius 1 is 1.00 bits per heavy atom. The van der Waals surface area contributed by atoms with E-state index in [0.717, 1.165) is 30.3 Å². The third kappa shape index (κ3) is 2.88. The molecule has 0 radical (unpaired) electrons. The summed E-state index contributed by atoms with van der Waals surface area (Å²) in [5.74, 6) is -0.131. The van der Waals surface area contributed by atoms with Crippen LogP contribution in [-0.4, -0.2) is 0 Å². The quantitative estimate of drug-likeness (QED) is 0.927. The molecule has 0 bridgehead atoms. The minimum absolute atomic E-state index is 0.131. The highest BCUT2D eigenvalue weighted by Gasteiger charge is 2.34. The van der Waals surface area contributed by atoms with Crippen molar-refractivity contribution in [3.63, 3.8) is 0 Å². The van der Waals surface area contributed by atoms with Gasteiger partial charge in [-0.2, -0.15) is 13.2 Å². The van der Waals surface area contributed by atoms with Crippen molar-refractivity contribution in [3.05, 3.63) is 64.7 Å². The average Bonchev–Trinajstić information content (AvgIpc) is 2.93. The van der Waals surface area contributed by atoms with Crippen LogP contribution < -0.4 is 10.1 Å². The van der Waals surface area contributed by atoms with E-state index in [4.69, 9.17) is 4.74 Å². The molecule has 21 heavy (non-hydrogen) atoms. The molecular formula is C16H14F3NO. The zero-order valence-electron chi connectivity index (χ0n) is 11.2. The number of nitrogens with one attached hydrogen (secondary N) is 1. The van der Waals surface area contributed by atoms with E-state index in [2.05, 4.69) is 5.32 Å². The van der Waals surface area contributed by atoms with Crippen molar-refractivity contribution in [2.45, 2.75) is 25.9 Å². The molecule has 0 amide bonds. The number of alkyl halides is 3. The van der Waals surface area contributed by atoms with Crippen molar-refractivity contribution < 1.29 is 17.9 Å². The van der Waals surface area contributed by atoms with E-state index in [1.807, 2.05) is 18.2 Å². The molecule has 0 atom stereocenters. The Hall–Kier alpha value is -2.01. The second-order valence-corrected chi connectivity index (χ2v) is 4.94. The van der Waals surface area contributed by atoms with Crippen molar-refractivity contribution in [1.82, 2.24) is 5.32 Å². The van der Waals surface area contributed by atoms with Crippen LogP contribution in [0, 0.1) is 0 Å². The largest absolute Gasteiger partial charge is 0.488 e. The molecule has 0 spiro atoms. The van der Waals surface area contributed by atoms with E-state index >= 15 is 0 Å². The van der Waals surface area contributed by atoms with Crippen molar-refractivity contribution in [2.24, 2.45) is 0 Å². The van der Waals surface area contributed by atoms with Crippen LogP contribution >= 0.6 is 0 Å². The summed E-state index contributed by atoms with van der Waals surface area (Å²) in [4.78, 5) is 0. The van der Waals surface area contributed by atoms with Gasteiger partial charge in [0.15, 0.2) is 0 Å². The van der Waals surface area contributed by atoms with Crippen LogP contribution in [0.25, 0.3) is 0 Å². The fourth-order valence-electron chi connectivity index (χ4n) is 2.52. The van der Waals surface area contributed by atoms with Crippen LogP contribution in [-0.2, 0) is 25.9 Å². The van der Waals surface area contributed by atoms with Crippen LogP contribution in [0.15, 0.2) is 42.5 Å². The standard InChI is InChI=1S/C16H14F3NO/c17-16(18,19)14-6-1-2-7-15(14)21-10-12-5-3-4-11-8-20-9-13(11)12/h1-7,20H,8-10H2. The lowest BCUT2D eigenvalue weighted by Gasteiger charge is -2.15. The minimum Gasteiger partial charge on any atom is -0.488 e. The molecule has 3 rings (SSSR count). The summed E-state index contributed by atoms with van der Waals surface area (Å²) in [6.07, 6.45) is -4.41. The SMILES string of the molecule is FC(F)(F)c1ccccc1OCc1cccc2c1CNC2. The van der Waals surface area contributed by atoms with Crippen LogP contribution in [0.2, 0.25) is 0 Å². The molecule has 110 valence electrons. The molecule has 0 aliphatic carbocycles. The maximum absolute atomic E-state index is 12.9. The molecule has 2 aromatic rings. The second-order valence-electron chi connectivity index (χ2n) is 4.94. The lowest BCUT2D eigenvalue weighted by Crippen LogP contribution is -2.09. The van der Waals surface area contributed by atoms with Gasteiger partial charge < -0.3 is 10.1 Å². The second kappa shape index (κ2) is 5.41. The lowest BCUT2D eigenvalue weighted by molar-refractivity contribution is -0.139. The molecule has 1 N–H and O–H groups in total. The molecule has 1 aliphatic heterocycles. The van der Waals surface area contributed by atoms with Crippen LogP contribution in [0.1, 0.15) is 22.3 Å². The van der Waals surface area contributed by atoms with E-state index in [9.17, 15) is 13.2 Å². The highest BCUT2D eigenvalue weighted by atomic mass is 19.4. The first kappa shape index (κ1) is 13.9. The predicted octanol–water partition coefficient (Wildman–Crippen LogP) is 3.89. The van der Waals surface area contributed by atoms with Crippen molar-refractivity contribution >= 4 is 0 Å². The Morgan fingerprint density at radius 2 is 1.81 bits per heavy atom. The van der Waals surface area contributed by atoms with E-state index in [1.165, 1.54) is 17.7 Å². The third-order valence-electron chi connectivity index (χ3n) is 3.56. The summed E-state index contributed by atoms with van der Waals surface area (Å²) in [6, 6.07) is 11.1. The van der Waals surface area contributed by atoms with Gasteiger partial charge in [0.25, 0.3) is 0 Å². The molecule has 5 heteroatoms. The van der Waals surface area contributed by atoms with Gasteiger partial charge in [0.1, 0.15) is 12.4 Å². The number of hydrogen-bond acceptors (Lipinski definition) is 2. The first-order valence-corrected chi connectivity index (χ1v) is 6.65. The normalized spacial score (nSPS) is 14.0. The van der Waals surface area contributed by atoms with Gasteiger partial charge in [-0.1, -0.05) is 30.3 Å². The van der Waals surface area contributed by atoms with Crippen molar-refractivity contribution in [2.75, 3.05) is 0 Å². The van der Waals surface area contributed by atoms with Gasteiger partial charge in [-0.05, 0) is 28.8 Å². The van der Waals surface area contributed by atoms with Gasteiger partial charge in [-0.3, -0.25) is 0 Å². The number of ether oxygens (including phenoxy) is 1. The number of halogens is 3. The molecule has 2 nitrogen and oxygen atoms in total. The molecule has 1 heterocycles.